The van der Waals surface area contributed by atoms with Crippen LogP contribution in [0.2, 0.25) is 0 Å². The van der Waals surface area contributed by atoms with E-state index in [1.807, 2.05) is 74.3 Å². The third kappa shape index (κ3) is 4.44. The van der Waals surface area contributed by atoms with Gasteiger partial charge in [0, 0.05) is 12.1 Å². The SMILES string of the molecule is Cc1cc(NC(=O)CN(C)[C@H](C)c2ccccc2)n(-c2ccccc2C)n1. The molecule has 0 unspecified atom stereocenters. The predicted molar refractivity (Wildman–Crippen MR) is 109 cm³/mol. The van der Waals surface area contributed by atoms with Gasteiger partial charge in [0.15, 0.2) is 0 Å². The van der Waals surface area contributed by atoms with Gasteiger partial charge >= 0.3 is 0 Å². The van der Waals surface area contributed by atoms with Gasteiger partial charge in [-0.15, -0.1) is 0 Å². The van der Waals surface area contributed by atoms with Crippen LogP contribution >= 0.6 is 0 Å². The molecule has 0 bridgehead atoms. The minimum atomic E-state index is -0.0602. The van der Waals surface area contributed by atoms with Crippen molar-refractivity contribution in [3.8, 4) is 5.69 Å². The predicted octanol–water partition coefficient (Wildman–Crippen LogP) is 4.12. The van der Waals surface area contributed by atoms with Crippen LogP contribution in [0.3, 0.4) is 0 Å². The molecule has 3 rings (SSSR count). The molecule has 0 aliphatic heterocycles. The minimum absolute atomic E-state index is 0.0602. The van der Waals surface area contributed by atoms with Gasteiger partial charge in [-0.1, -0.05) is 48.5 Å². The Bertz CT molecular complexity index is 917. The molecule has 1 heterocycles. The number of aryl methyl sites for hydroxylation is 2. The minimum Gasteiger partial charge on any atom is -0.309 e. The van der Waals surface area contributed by atoms with Crippen LogP contribution in [-0.2, 0) is 4.79 Å². The Labute approximate surface area is 160 Å². The van der Waals surface area contributed by atoms with E-state index >= 15 is 0 Å². The van der Waals surface area contributed by atoms with Gasteiger partial charge in [0.2, 0.25) is 5.91 Å². The molecule has 0 spiro atoms. The van der Waals surface area contributed by atoms with Crippen molar-refractivity contribution in [2.45, 2.75) is 26.8 Å². The summed E-state index contributed by atoms with van der Waals surface area (Å²) in [6.45, 7) is 6.36. The van der Waals surface area contributed by atoms with E-state index in [1.165, 1.54) is 5.56 Å². The van der Waals surface area contributed by atoms with Gasteiger partial charge < -0.3 is 5.32 Å². The molecule has 1 atom stereocenters. The largest absolute Gasteiger partial charge is 0.309 e. The molecule has 1 aromatic heterocycles. The number of carbonyl (C=O) groups excluding carboxylic acids is 1. The normalized spacial score (nSPS) is 12.2. The first-order chi connectivity index (χ1) is 13.0. The lowest BCUT2D eigenvalue weighted by atomic mass is 10.1. The topological polar surface area (TPSA) is 50.2 Å². The lowest BCUT2D eigenvalue weighted by Crippen LogP contribution is -2.32. The summed E-state index contributed by atoms with van der Waals surface area (Å²) < 4.78 is 1.79. The number of benzene rings is 2. The quantitative estimate of drug-likeness (QED) is 0.718. The van der Waals surface area contributed by atoms with Gasteiger partial charge in [0.1, 0.15) is 5.82 Å². The smallest absolute Gasteiger partial charge is 0.239 e. The molecular formula is C22H26N4O. The van der Waals surface area contributed by atoms with Crippen LogP contribution in [0.4, 0.5) is 5.82 Å². The number of nitrogens with zero attached hydrogens (tertiary/aromatic N) is 3. The molecule has 3 aromatic rings. The molecule has 0 saturated heterocycles. The second kappa shape index (κ2) is 8.18. The summed E-state index contributed by atoms with van der Waals surface area (Å²) in [5.41, 5.74) is 4.12. The van der Waals surface area contributed by atoms with Crippen molar-refractivity contribution < 1.29 is 4.79 Å². The number of hydrogen-bond acceptors (Lipinski definition) is 3. The van der Waals surface area contributed by atoms with Crippen molar-refractivity contribution in [1.82, 2.24) is 14.7 Å². The molecule has 2 aromatic carbocycles. The van der Waals surface area contributed by atoms with Gasteiger partial charge in [0.05, 0.1) is 17.9 Å². The molecular weight excluding hydrogens is 336 g/mol. The highest BCUT2D eigenvalue weighted by Gasteiger charge is 2.17. The van der Waals surface area contributed by atoms with Crippen LogP contribution in [-0.4, -0.2) is 34.2 Å². The van der Waals surface area contributed by atoms with E-state index in [9.17, 15) is 4.79 Å². The Morgan fingerprint density at radius 2 is 1.78 bits per heavy atom. The third-order valence-electron chi connectivity index (χ3n) is 4.78. The summed E-state index contributed by atoms with van der Waals surface area (Å²) in [7, 11) is 1.96. The van der Waals surface area contributed by atoms with E-state index in [-0.39, 0.29) is 11.9 Å². The van der Waals surface area contributed by atoms with Crippen molar-refractivity contribution >= 4 is 11.7 Å². The van der Waals surface area contributed by atoms with E-state index in [0.29, 0.717) is 12.4 Å². The second-order valence-electron chi connectivity index (χ2n) is 6.92. The lowest BCUT2D eigenvalue weighted by Gasteiger charge is -2.24. The number of amides is 1. The summed E-state index contributed by atoms with van der Waals surface area (Å²) in [4.78, 5) is 14.7. The van der Waals surface area contributed by atoms with E-state index in [0.717, 1.165) is 16.9 Å². The van der Waals surface area contributed by atoms with Gasteiger partial charge in [0.25, 0.3) is 0 Å². The van der Waals surface area contributed by atoms with E-state index < -0.39 is 0 Å². The van der Waals surface area contributed by atoms with Gasteiger partial charge in [-0.25, -0.2) is 4.68 Å². The third-order valence-corrected chi connectivity index (χ3v) is 4.78. The first-order valence-electron chi connectivity index (χ1n) is 9.13. The zero-order chi connectivity index (χ0) is 19.4. The number of anilines is 1. The van der Waals surface area contributed by atoms with Gasteiger partial charge in [-0.05, 0) is 45.0 Å². The second-order valence-corrected chi connectivity index (χ2v) is 6.92. The molecule has 0 saturated carbocycles. The summed E-state index contributed by atoms with van der Waals surface area (Å²) in [5, 5.41) is 7.56. The zero-order valence-corrected chi connectivity index (χ0v) is 16.3. The lowest BCUT2D eigenvalue weighted by molar-refractivity contribution is -0.117. The van der Waals surface area contributed by atoms with Crippen molar-refractivity contribution in [2.24, 2.45) is 0 Å². The monoisotopic (exact) mass is 362 g/mol. The first-order valence-corrected chi connectivity index (χ1v) is 9.13. The highest BCUT2D eigenvalue weighted by atomic mass is 16.2. The number of aromatic nitrogens is 2. The maximum atomic E-state index is 12.6. The number of nitrogens with one attached hydrogen (secondary N) is 1. The fraction of sp³-hybridized carbons (Fsp3) is 0.273. The van der Waals surface area contributed by atoms with Crippen molar-refractivity contribution in [1.29, 1.82) is 0 Å². The Kier molecular flexibility index (Phi) is 5.72. The standard InChI is InChI=1S/C22H26N4O/c1-16-10-8-9-13-20(16)26-21(14-17(2)24-26)23-22(27)15-25(4)18(3)19-11-6-5-7-12-19/h5-14,18H,15H2,1-4H3,(H,23,27)/t18-/m1/s1. The molecule has 0 radical (unpaired) electrons. The summed E-state index contributed by atoms with van der Waals surface area (Å²) in [5.74, 6) is 0.627. The molecule has 27 heavy (non-hydrogen) atoms. The fourth-order valence-corrected chi connectivity index (χ4v) is 3.11. The van der Waals surface area contributed by atoms with Crippen LogP contribution in [0.15, 0.2) is 60.7 Å². The van der Waals surface area contributed by atoms with Crippen LogP contribution in [0, 0.1) is 13.8 Å². The number of carbonyl (C=O) groups is 1. The number of likely N-dealkylation sites (N-methyl/N-ethyl adjacent to an activating group) is 1. The summed E-state index contributed by atoms with van der Waals surface area (Å²) >= 11 is 0. The molecule has 5 nitrogen and oxygen atoms in total. The maximum absolute atomic E-state index is 12.6. The molecule has 0 fully saturated rings. The van der Waals surface area contributed by atoms with Gasteiger partial charge in [-0.3, -0.25) is 9.69 Å². The van der Waals surface area contributed by atoms with E-state index in [1.54, 1.807) is 4.68 Å². The first kappa shape index (κ1) is 18.9. The highest BCUT2D eigenvalue weighted by molar-refractivity contribution is 5.91. The zero-order valence-electron chi connectivity index (χ0n) is 16.3. The average molecular weight is 362 g/mol. The van der Waals surface area contributed by atoms with E-state index in [4.69, 9.17) is 0 Å². The van der Waals surface area contributed by atoms with E-state index in [2.05, 4.69) is 29.5 Å². The Morgan fingerprint density at radius 1 is 1.11 bits per heavy atom. The van der Waals surface area contributed by atoms with Crippen molar-refractivity contribution in [3.63, 3.8) is 0 Å². The fourth-order valence-electron chi connectivity index (χ4n) is 3.11. The molecule has 0 aliphatic rings. The average Bonchev–Trinajstić information content (AvgIpc) is 3.01. The number of hydrogen-bond donors (Lipinski definition) is 1. The Balaban J connectivity index is 1.73. The number of para-hydroxylation sites is 1. The molecule has 5 heteroatoms. The van der Waals surface area contributed by atoms with Crippen molar-refractivity contribution in [3.05, 3.63) is 77.5 Å². The van der Waals surface area contributed by atoms with Gasteiger partial charge in [-0.2, -0.15) is 5.10 Å². The van der Waals surface area contributed by atoms with Crippen LogP contribution in [0.25, 0.3) is 5.69 Å². The Hall–Kier alpha value is -2.92. The van der Waals surface area contributed by atoms with Crippen molar-refractivity contribution in [2.75, 3.05) is 18.9 Å². The summed E-state index contributed by atoms with van der Waals surface area (Å²) in [6, 6.07) is 20.2. The molecule has 140 valence electrons. The molecule has 1 N–H and O–H groups in total. The maximum Gasteiger partial charge on any atom is 0.239 e. The highest BCUT2D eigenvalue weighted by Crippen LogP contribution is 2.21. The summed E-state index contributed by atoms with van der Waals surface area (Å²) in [6.07, 6.45) is 0. The van der Waals surface area contributed by atoms with Crippen LogP contribution in [0.5, 0.6) is 0 Å². The molecule has 1 amide bonds. The molecule has 0 aliphatic carbocycles. The Morgan fingerprint density at radius 3 is 2.48 bits per heavy atom. The van der Waals surface area contributed by atoms with Crippen LogP contribution in [0.1, 0.15) is 29.8 Å². The number of rotatable bonds is 6. The van der Waals surface area contributed by atoms with Crippen LogP contribution < -0.4 is 5.32 Å².